The van der Waals surface area contributed by atoms with E-state index in [4.69, 9.17) is 28.5 Å². The van der Waals surface area contributed by atoms with Crippen molar-refractivity contribution in [1.82, 2.24) is 18.6 Å². The molecule has 0 bridgehead atoms. The largest absolute Gasteiger partial charge is 0.394 e. The standard InChI is InChI=1S/C17H18Cl2N4O6/c1-6-3-8-12(11(18)7(6)2)20-13-15(21-17(29)23(19)16(13)28)22(8)4-9(25)14(27)10(26)5-24/h3,9-10,14,24-27H,4-5H2,1-2H3. The van der Waals surface area contributed by atoms with Gasteiger partial charge >= 0.3 is 5.69 Å². The zero-order valence-electron chi connectivity index (χ0n) is 15.4. The minimum Gasteiger partial charge on any atom is -0.394 e. The number of aromatic nitrogens is 4. The molecule has 156 valence electrons. The van der Waals surface area contributed by atoms with Crippen molar-refractivity contribution in [3.05, 3.63) is 43.1 Å². The number of aliphatic hydroxyl groups excluding tert-OH is 4. The summed E-state index contributed by atoms with van der Waals surface area (Å²) in [5.41, 5.74) is -0.183. The molecule has 2 heterocycles. The third kappa shape index (κ3) is 3.63. The summed E-state index contributed by atoms with van der Waals surface area (Å²) in [7, 11) is 0. The Morgan fingerprint density at radius 1 is 1.14 bits per heavy atom. The Bertz CT molecular complexity index is 1180. The van der Waals surface area contributed by atoms with Crippen molar-refractivity contribution in [2.45, 2.75) is 38.7 Å². The lowest BCUT2D eigenvalue weighted by Crippen LogP contribution is -2.42. The number of hydrogen-bond acceptors (Lipinski definition) is 8. The summed E-state index contributed by atoms with van der Waals surface area (Å²) in [5.74, 6) is -0.173. The quantitative estimate of drug-likeness (QED) is 0.381. The van der Waals surface area contributed by atoms with Crippen LogP contribution in [0.1, 0.15) is 11.1 Å². The number of aryl methyl sites for hydroxylation is 1. The van der Waals surface area contributed by atoms with Crippen LogP contribution in [0.15, 0.2) is 15.7 Å². The van der Waals surface area contributed by atoms with Crippen LogP contribution >= 0.6 is 23.4 Å². The van der Waals surface area contributed by atoms with Gasteiger partial charge in [-0.05, 0) is 31.0 Å². The van der Waals surface area contributed by atoms with Crippen LogP contribution in [0.3, 0.4) is 0 Å². The van der Waals surface area contributed by atoms with Gasteiger partial charge in [0.15, 0.2) is 11.5 Å². The Kier molecular flexibility index (Phi) is 5.95. The third-order valence-corrected chi connectivity index (χ3v) is 5.56. The maximum atomic E-state index is 12.5. The van der Waals surface area contributed by atoms with E-state index in [0.29, 0.717) is 11.1 Å². The van der Waals surface area contributed by atoms with Crippen molar-refractivity contribution >= 4 is 34.4 Å². The molecule has 2 aliphatic rings. The van der Waals surface area contributed by atoms with Crippen LogP contribution in [0.25, 0.3) is 22.6 Å². The number of aliphatic hydroxyl groups is 4. The van der Waals surface area contributed by atoms with E-state index in [1.807, 2.05) is 0 Å². The van der Waals surface area contributed by atoms with Crippen molar-refractivity contribution in [3.8, 4) is 11.5 Å². The van der Waals surface area contributed by atoms with Gasteiger partial charge in [-0.25, -0.2) is 9.78 Å². The lowest BCUT2D eigenvalue weighted by Gasteiger charge is -2.25. The zero-order valence-corrected chi connectivity index (χ0v) is 16.9. The Morgan fingerprint density at radius 2 is 1.79 bits per heavy atom. The van der Waals surface area contributed by atoms with Gasteiger partial charge in [-0.1, -0.05) is 11.6 Å². The number of nitrogens with zero attached hydrogens (tertiary/aromatic N) is 4. The molecule has 10 nitrogen and oxygen atoms in total. The van der Waals surface area contributed by atoms with E-state index in [1.165, 1.54) is 4.57 Å². The van der Waals surface area contributed by atoms with Gasteiger partial charge in [0.25, 0.3) is 5.56 Å². The minimum absolute atomic E-state index is 0.173. The number of halogens is 2. The van der Waals surface area contributed by atoms with E-state index in [1.54, 1.807) is 19.9 Å². The molecule has 0 fully saturated rings. The van der Waals surface area contributed by atoms with Crippen LogP contribution in [-0.2, 0) is 6.54 Å². The molecular weight excluding hydrogens is 427 g/mol. The summed E-state index contributed by atoms with van der Waals surface area (Å²) < 4.78 is 1.58. The summed E-state index contributed by atoms with van der Waals surface area (Å²) in [5, 5.41) is 39.3. The van der Waals surface area contributed by atoms with Gasteiger partial charge in [-0.2, -0.15) is 9.07 Å². The van der Waals surface area contributed by atoms with E-state index < -0.39 is 36.2 Å². The fourth-order valence-corrected chi connectivity index (χ4v) is 3.38. The molecule has 29 heavy (non-hydrogen) atoms. The van der Waals surface area contributed by atoms with Crippen LogP contribution in [0.2, 0.25) is 5.02 Å². The van der Waals surface area contributed by atoms with Gasteiger partial charge in [0.05, 0.1) is 23.7 Å². The number of hydrogen-bond donors (Lipinski definition) is 4. The molecule has 0 saturated heterocycles. The number of fused-ring (bicyclic) bond motifs is 2. The highest BCUT2D eigenvalue weighted by Gasteiger charge is 2.28. The van der Waals surface area contributed by atoms with E-state index in [2.05, 4.69) is 9.97 Å². The van der Waals surface area contributed by atoms with Gasteiger partial charge < -0.3 is 25.0 Å². The fraction of sp³-hybridized carbons (Fsp3) is 0.412. The lowest BCUT2D eigenvalue weighted by molar-refractivity contribution is -0.0802. The molecule has 0 amide bonds. The molecule has 0 radical (unpaired) electrons. The summed E-state index contributed by atoms with van der Waals surface area (Å²) in [6.45, 7) is 2.40. The van der Waals surface area contributed by atoms with Crippen molar-refractivity contribution < 1.29 is 20.4 Å². The second-order valence-corrected chi connectivity index (χ2v) is 7.40. The smallest absolute Gasteiger partial charge is 0.367 e. The van der Waals surface area contributed by atoms with Gasteiger partial charge in [-0.15, -0.1) is 0 Å². The Morgan fingerprint density at radius 3 is 2.41 bits per heavy atom. The summed E-state index contributed by atoms with van der Waals surface area (Å²) in [6, 6.07) is 1.68. The molecule has 12 heteroatoms. The van der Waals surface area contributed by atoms with Gasteiger partial charge in [-0.3, -0.25) is 4.79 Å². The van der Waals surface area contributed by atoms with Crippen LogP contribution in [0, 0.1) is 13.8 Å². The highest BCUT2D eigenvalue weighted by molar-refractivity contribution is 6.35. The first-order valence-corrected chi connectivity index (χ1v) is 9.24. The molecular formula is C17H18Cl2N4O6. The first-order chi connectivity index (χ1) is 13.6. The molecule has 2 aliphatic heterocycles. The fourth-order valence-electron chi connectivity index (χ4n) is 2.98. The lowest BCUT2D eigenvalue weighted by atomic mass is 10.1. The Hall–Kier alpha value is -2.08. The van der Waals surface area contributed by atoms with E-state index in [-0.39, 0.29) is 32.7 Å². The van der Waals surface area contributed by atoms with Gasteiger partial charge in [0, 0.05) is 11.8 Å². The molecule has 1 aromatic carbocycles. The minimum atomic E-state index is -1.70. The van der Waals surface area contributed by atoms with Crippen molar-refractivity contribution in [2.24, 2.45) is 0 Å². The number of benzene rings is 1. The van der Waals surface area contributed by atoms with Crippen LogP contribution in [0.4, 0.5) is 0 Å². The second-order valence-electron chi connectivity index (χ2n) is 6.68. The molecule has 3 unspecified atom stereocenters. The Labute approximate surface area is 173 Å². The summed E-state index contributed by atoms with van der Waals surface area (Å²) in [4.78, 5) is 32.5. The predicted molar refractivity (Wildman–Crippen MR) is 106 cm³/mol. The molecule has 0 saturated carbocycles. The molecule has 1 aromatic rings. The average molecular weight is 445 g/mol. The SMILES string of the molecule is Cc1cc2c(nc3c(=O)n(Cl)c(=O)nc-3n2CC(O)C(O)C(O)CO)c(Cl)c1C. The van der Waals surface area contributed by atoms with E-state index in [9.17, 15) is 24.9 Å². The van der Waals surface area contributed by atoms with Crippen LogP contribution in [0.5, 0.6) is 0 Å². The highest BCUT2D eigenvalue weighted by Crippen LogP contribution is 2.31. The summed E-state index contributed by atoms with van der Waals surface area (Å²) in [6.07, 6.45) is -4.87. The molecule has 0 spiro atoms. The first kappa shape index (κ1) is 21.6. The monoisotopic (exact) mass is 444 g/mol. The predicted octanol–water partition coefficient (Wildman–Crippen LogP) is -0.595. The average Bonchev–Trinajstić information content (AvgIpc) is 2.70. The second kappa shape index (κ2) is 7.98. The molecule has 0 aromatic heterocycles. The topological polar surface area (TPSA) is 151 Å². The van der Waals surface area contributed by atoms with Crippen molar-refractivity contribution in [3.63, 3.8) is 0 Å². The number of rotatable bonds is 5. The zero-order chi connectivity index (χ0) is 21.6. The summed E-state index contributed by atoms with van der Waals surface area (Å²) >= 11 is 12.1. The molecule has 4 N–H and O–H groups in total. The molecule has 3 atom stereocenters. The van der Waals surface area contributed by atoms with Crippen LogP contribution < -0.4 is 11.2 Å². The van der Waals surface area contributed by atoms with Crippen molar-refractivity contribution in [2.75, 3.05) is 6.61 Å². The molecule has 0 aliphatic carbocycles. The van der Waals surface area contributed by atoms with Crippen LogP contribution in [-0.4, -0.2) is 64.0 Å². The van der Waals surface area contributed by atoms with Crippen molar-refractivity contribution in [1.29, 1.82) is 0 Å². The first-order valence-electron chi connectivity index (χ1n) is 8.52. The Balaban J connectivity index is 2.38. The third-order valence-electron chi connectivity index (χ3n) is 4.80. The maximum Gasteiger partial charge on any atom is 0.367 e. The van der Waals surface area contributed by atoms with Gasteiger partial charge in [0.2, 0.25) is 0 Å². The maximum absolute atomic E-state index is 12.5. The highest BCUT2D eigenvalue weighted by atomic mass is 35.5. The van der Waals surface area contributed by atoms with E-state index in [0.717, 1.165) is 5.56 Å². The normalized spacial score (nSPS) is 15.0. The molecule has 3 rings (SSSR count). The van der Waals surface area contributed by atoms with E-state index >= 15 is 0 Å². The van der Waals surface area contributed by atoms with Gasteiger partial charge in [0.1, 0.15) is 23.8 Å².